The van der Waals surface area contributed by atoms with Crippen LogP contribution in [0.25, 0.3) is 20.4 Å². The minimum Gasteiger partial charge on any atom is -0.320 e. The minimum atomic E-state index is -0.581. The predicted molar refractivity (Wildman–Crippen MR) is 109 cm³/mol. The summed E-state index contributed by atoms with van der Waals surface area (Å²) in [5, 5.41) is 8.26. The van der Waals surface area contributed by atoms with E-state index >= 15 is 0 Å². The largest absolute Gasteiger partial charge is 0.320 e. The number of fused-ring (bicyclic) bond motifs is 2. The topological polar surface area (TPSA) is 71.7 Å². The van der Waals surface area contributed by atoms with Gasteiger partial charge in [-0.3, -0.25) is 0 Å². The molecule has 0 saturated heterocycles. The van der Waals surface area contributed by atoms with Crippen molar-refractivity contribution in [2.75, 3.05) is 0 Å². The number of hydrogen-bond donors (Lipinski definition) is 0. The lowest BCUT2D eigenvalue weighted by Gasteiger charge is -1.95. The number of thiazole rings is 2. The summed E-state index contributed by atoms with van der Waals surface area (Å²) in [4.78, 5) is 15.3. The van der Waals surface area contributed by atoms with Crippen LogP contribution in [0.4, 0.5) is 0 Å². The number of aryl methyl sites for hydroxylation is 2. The third-order valence-corrected chi connectivity index (χ3v) is 6.57. The van der Waals surface area contributed by atoms with Crippen molar-refractivity contribution in [1.29, 1.82) is 0 Å². The molecule has 2 aromatic heterocycles. The number of benzene rings is 2. The Bertz CT molecular complexity index is 1360. The SMILES string of the molecule is Cn1c(=NC2=NC(N=c3sc4ccccc4n3C)N=N2)sc2ccccc21. The van der Waals surface area contributed by atoms with Crippen LogP contribution in [0, 0.1) is 0 Å². The van der Waals surface area contributed by atoms with Gasteiger partial charge in [0.2, 0.25) is 0 Å². The van der Waals surface area contributed by atoms with Crippen LogP contribution in [0.3, 0.4) is 0 Å². The van der Waals surface area contributed by atoms with Crippen molar-refractivity contribution in [2.24, 2.45) is 39.3 Å². The Kier molecular flexibility index (Phi) is 3.83. The summed E-state index contributed by atoms with van der Waals surface area (Å²) in [6.07, 6.45) is -0.581. The third kappa shape index (κ3) is 2.84. The molecule has 1 aliphatic heterocycles. The van der Waals surface area contributed by atoms with E-state index in [1.54, 1.807) is 22.7 Å². The van der Waals surface area contributed by atoms with Gasteiger partial charge in [-0.1, -0.05) is 46.9 Å². The molecule has 5 rings (SSSR count). The molecule has 0 aliphatic carbocycles. The highest BCUT2D eigenvalue weighted by Crippen LogP contribution is 2.17. The summed E-state index contributed by atoms with van der Waals surface area (Å²) in [7, 11) is 3.99. The van der Waals surface area contributed by atoms with Gasteiger partial charge in [-0.25, -0.2) is 4.99 Å². The summed E-state index contributed by atoms with van der Waals surface area (Å²) in [6, 6.07) is 16.4. The molecule has 2 aromatic carbocycles. The molecular formula is C18H15N7S2. The summed E-state index contributed by atoms with van der Waals surface area (Å²) < 4.78 is 6.44. The highest BCUT2D eigenvalue weighted by molar-refractivity contribution is 7.16. The number of nitrogens with zero attached hydrogens (tertiary/aromatic N) is 7. The number of azo groups is 1. The molecule has 0 N–H and O–H groups in total. The first-order chi connectivity index (χ1) is 13.2. The number of para-hydroxylation sites is 2. The Morgan fingerprint density at radius 2 is 1.44 bits per heavy atom. The molecule has 1 aliphatic rings. The Morgan fingerprint density at radius 1 is 0.852 bits per heavy atom. The standard InChI is InChI=1S/C18H15N7S2/c1-24-11-7-3-5-9-13(11)26-17(24)20-15-19-16(23-22-15)21-18-25(2)12-8-4-6-10-14(12)27-18/h3-10,15H,1-2H3. The van der Waals surface area contributed by atoms with Crippen molar-refractivity contribution in [1.82, 2.24) is 9.13 Å². The van der Waals surface area contributed by atoms with Crippen molar-refractivity contribution < 1.29 is 0 Å². The quantitative estimate of drug-likeness (QED) is 0.476. The fraction of sp³-hybridized carbons (Fsp3) is 0.167. The van der Waals surface area contributed by atoms with Crippen molar-refractivity contribution in [3.8, 4) is 0 Å². The highest BCUT2D eigenvalue weighted by Gasteiger charge is 2.14. The van der Waals surface area contributed by atoms with Crippen molar-refractivity contribution in [3.63, 3.8) is 0 Å². The number of aliphatic imine (C=N–C) groups is 1. The summed E-state index contributed by atoms with van der Waals surface area (Å²) in [5.41, 5.74) is 2.28. The molecule has 9 heteroatoms. The van der Waals surface area contributed by atoms with Gasteiger partial charge in [0.05, 0.1) is 20.4 Å². The molecule has 4 aromatic rings. The van der Waals surface area contributed by atoms with Gasteiger partial charge in [-0.2, -0.15) is 9.98 Å². The van der Waals surface area contributed by atoms with E-state index in [0.29, 0.717) is 5.96 Å². The number of hydrogen-bond acceptors (Lipinski definition) is 7. The van der Waals surface area contributed by atoms with E-state index in [0.717, 1.165) is 20.6 Å². The second-order valence-electron chi connectivity index (χ2n) is 6.05. The van der Waals surface area contributed by atoms with Crippen molar-refractivity contribution in [2.45, 2.75) is 6.29 Å². The van der Waals surface area contributed by atoms with Crippen LogP contribution < -0.4 is 9.60 Å². The van der Waals surface area contributed by atoms with Crippen LogP contribution in [-0.4, -0.2) is 21.4 Å². The van der Waals surface area contributed by atoms with Gasteiger partial charge >= 0.3 is 0 Å². The second-order valence-corrected chi connectivity index (χ2v) is 8.07. The first-order valence-corrected chi connectivity index (χ1v) is 9.99. The van der Waals surface area contributed by atoms with E-state index in [4.69, 9.17) is 0 Å². The molecule has 0 amide bonds. The van der Waals surface area contributed by atoms with Crippen LogP contribution in [-0.2, 0) is 14.1 Å². The van der Waals surface area contributed by atoms with E-state index in [2.05, 4.69) is 49.5 Å². The van der Waals surface area contributed by atoms with E-state index < -0.39 is 6.29 Å². The second kappa shape index (κ2) is 6.36. The molecule has 1 unspecified atom stereocenters. The Morgan fingerprint density at radius 3 is 2.11 bits per heavy atom. The third-order valence-electron chi connectivity index (χ3n) is 4.33. The molecule has 3 heterocycles. The molecule has 27 heavy (non-hydrogen) atoms. The molecule has 1 atom stereocenters. The number of aromatic nitrogens is 2. The lowest BCUT2D eigenvalue weighted by molar-refractivity contribution is 0.708. The zero-order valence-corrected chi connectivity index (χ0v) is 16.3. The lowest BCUT2D eigenvalue weighted by Crippen LogP contribution is -2.14. The Hall–Kier alpha value is -2.91. The Labute approximate surface area is 162 Å². The molecule has 7 nitrogen and oxygen atoms in total. The van der Waals surface area contributed by atoms with Gasteiger partial charge in [0.25, 0.3) is 12.2 Å². The number of rotatable bonds is 1. The summed E-state index contributed by atoms with van der Waals surface area (Å²) in [5.74, 6) is 0.356. The average Bonchev–Trinajstić information content (AvgIpc) is 3.35. The van der Waals surface area contributed by atoms with Gasteiger partial charge in [-0.05, 0) is 24.3 Å². The number of guanidine groups is 1. The van der Waals surface area contributed by atoms with Crippen LogP contribution in [0.1, 0.15) is 0 Å². The molecule has 0 fully saturated rings. The molecular weight excluding hydrogens is 378 g/mol. The summed E-state index contributed by atoms with van der Waals surface area (Å²) in [6.45, 7) is 0. The normalized spacial score (nSPS) is 18.1. The average molecular weight is 394 g/mol. The smallest absolute Gasteiger partial charge is 0.270 e. The zero-order valence-electron chi connectivity index (χ0n) is 14.6. The molecule has 0 bridgehead atoms. The van der Waals surface area contributed by atoms with E-state index in [9.17, 15) is 0 Å². The fourth-order valence-corrected chi connectivity index (χ4v) is 4.99. The zero-order chi connectivity index (χ0) is 18.4. The van der Waals surface area contributed by atoms with Crippen molar-refractivity contribution in [3.05, 3.63) is 58.1 Å². The minimum absolute atomic E-state index is 0.356. The van der Waals surface area contributed by atoms with E-state index in [1.165, 1.54) is 9.40 Å². The maximum Gasteiger partial charge on any atom is 0.270 e. The van der Waals surface area contributed by atoms with Gasteiger partial charge in [-0.15, -0.1) is 10.2 Å². The van der Waals surface area contributed by atoms with E-state index in [-0.39, 0.29) is 0 Å². The molecule has 0 saturated carbocycles. The van der Waals surface area contributed by atoms with Gasteiger partial charge in [0, 0.05) is 14.1 Å². The van der Waals surface area contributed by atoms with Crippen molar-refractivity contribution >= 4 is 49.1 Å². The first-order valence-electron chi connectivity index (χ1n) is 8.35. The van der Waals surface area contributed by atoms with E-state index in [1.807, 2.05) is 47.5 Å². The fourth-order valence-electron chi connectivity index (χ4n) is 2.94. The molecule has 134 valence electrons. The molecule has 0 radical (unpaired) electrons. The summed E-state index contributed by atoms with van der Waals surface area (Å²) >= 11 is 3.22. The lowest BCUT2D eigenvalue weighted by atomic mass is 10.3. The maximum absolute atomic E-state index is 4.62. The maximum atomic E-state index is 4.62. The van der Waals surface area contributed by atoms with Gasteiger partial charge < -0.3 is 9.13 Å². The first kappa shape index (κ1) is 16.3. The van der Waals surface area contributed by atoms with Gasteiger partial charge in [0.1, 0.15) is 0 Å². The van der Waals surface area contributed by atoms with Crippen LogP contribution in [0.15, 0.2) is 73.7 Å². The predicted octanol–water partition coefficient (Wildman–Crippen LogP) is 3.40. The Balaban J connectivity index is 1.53. The van der Waals surface area contributed by atoms with Crippen LogP contribution in [0.5, 0.6) is 0 Å². The van der Waals surface area contributed by atoms with Gasteiger partial charge in [0.15, 0.2) is 9.60 Å². The van der Waals surface area contributed by atoms with Crippen LogP contribution >= 0.6 is 22.7 Å². The van der Waals surface area contributed by atoms with Crippen LogP contribution in [0.2, 0.25) is 0 Å². The highest BCUT2D eigenvalue weighted by atomic mass is 32.1. The monoisotopic (exact) mass is 393 g/mol. The molecule has 0 spiro atoms.